The summed E-state index contributed by atoms with van der Waals surface area (Å²) in [5, 5.41) is 10.1. The number of carboxylic acids is 1. The number of aromatic carboxylic acids is 1. The summed E-state index contributed by atoms with van der Waals surface area (Å²) in [5.41, 5.74) is 2.52. The summed E-state index contributed by atoms with van der Waals surface area (Å²) in [5.74, 6) is -0.312. The number of benzene rings is 2. The predicted octanol–water partition coefficient (Wildman–Crippen LogP) is 4.39. The van der Waals surface area contributed by atoms with E-state index in [4.69, 9.17) is 4.42 Å². The molecule has 0 aliphatic rings. The van der Waals surface area contributed by atoms with Gasteiger partial charge in [-0.2, -0.15) is 0 Å². The Bertz CT molecular complexity index is 792. The van der Waals surface area contributed by atoms with Crippen molar-refractivity contribution in [2.75, 3.05) is 0 Å². The van der Waals surface area contributed by atoms with Crippen molar-refractivity contribution in [2.24, 2.45) is 0 Å². The molecule has 0 atom stereocenters. The van der Waals surface area contributed by atoms with Crippen LogP contribution in [0.5, 0.6) is 0 Å². The molecule has 2 aromatic carbocycles. The van der Waals surface area contributed by atoms with Crippen LogP contribution in [0.3, 0.4) is 0 Å². The first-order valence-electron chi connectivity index (χ1n) is 6.32. The number of fused-ring (bicyclic) bond motifs is 1. The molecule has 1 heterocycles. The largest absolute Gasteiger partial charge is 0.477 e. The normalized spacial score (nSPS) is 10.7. The Morgan fingerprint density at radius 3 is 2.50 bits per heavy atom. The highest BCUT2D eigenvalue weighted by molar-refractivity contribution is 6.02. The lowest BCUT2D eigenvalue weighted by atomic mass is 10.0. The monoisotopic (exact) mass is 265 g/mol. The Hall–Kier alpha value is -2.68. The molecule has 0 radical (unpaired) electrons. The molecule has 20 heavy (non-hydrogen) atoms. The van der Waals surface area contributed by atoms with E-state index < -0.39 is 5.97 Å². The molecule has 3 rings (SSSR count). The van der Waals surface area contributed by atoms with E-state index in [-0.39, 0.29) is 5.56 Å². The highest BCUT2D eigenvalue weighted by atomic mass is 16.4. The molecule has 0 spiro atoms. The number of para-hydroxylation sites is 1. The van der Waals surface area contributed by atoms with Crippen molar-refractivity contribution < 1.29 is 14.3 Å². The van der Waals surface area contributed by atoms with Crippen molar-refractivity contribution >= 4 is 16.9 Å². The molecule has 0 aliphatic carbocycles. The third-order valence-corrected chi connectivity index (χ3v) is 3.29. The SMILES string of the molecule is Cc1cc(-c2ccccc2)[o+]c2c(C(=O)O)cccc12. The predicted molar refractivity (Wildman–Crippen MR) is 77.8 cm³/mol. The average Bonchev–Trinajstić information content (AvgIpc) is 2.47. The molecule has 0 amide bonds. The lowest BCUT2D eigenvalue weighted by Gasteiger charge is -1.99. The van der Waals surface area contributed by atoms with Gasteiger partial charge in [0.2, 0.25) is 0 Å². The van der Waals surface area contributed by atoms with Crippen LogP contribution in [-0.2, 0) is 0 Å². The highest BCUT2D eigenvalue weighted by Crippen LogP contribution is 2.29. The maximum Gasteiger partial charge on any atom is 0.375 e. The third kappa shape index (κ3) is 2.03. The standard InChI is InChI=1S/C17H12O3/c1-11-10-15(12-6-3-2-4-7-12)20-16-13(11)8-5-9-14(16)17(18)19/h2-10H,1H3/p+1. The molecular weight excluding hydrogens is 252 g/mol. The molecule has 0 fully saturated rings. The van der Waals surface area contributed by atoms with Gasteiger partial charge in [0.15, 0.2) is 5.56 Å². The van der Waals surface area contributed by atoms with Gasteiger partial charge in [0.25, 0.3) is 0 Å². The summed E-state index contributed by atoms with van der Waals surface area (Å²) in [6.45, 7) is 1.95. The smallest absolute Gasteiger partial charge is 0.375 e. The van der Waals surface area contributed by atoms with Gasteiger partial charge in [0.1, 0.15) is 0 Å². The van der Waals surface area contributed by atoms with Gasteiger partial charge < -0.3 is 5.11 Å². The minimum absolute atomic E-state index is 0.184. The van der Waals surface area contributed by atoms with Gasteiger partial charge in [0.05, 0.1) is 10.9 Å². The average molecular weight is 265 g/mol. The van der Waals surface area contributed by atoms with Crippen molar-refractivity contribution in [3.63, 3.8) is 0 Å². The van der Waals surface area contributed by atoms with Gasteiger partial charge in [-0.15, -0.1) is 0 Å². The number of hydrogen-bond acceptors (Lipinski definition) is 1. The first kappa shape index (κ1) is 12.4. The van der Waals surface area contributed by atoms with E-state index in [0.717, 1.165) is 16.5 Å². The molecule has 1 N–H and O–H groups in total. The van der Waals surface area contributed by atoms with Gasteiger partial charge in [0, 0.05) is 6.07 Å². The highest BCUT2D eigenvalue weighted by Gasteiger charge is 2.23. The van der Waals surface area contributed by atoms with E-state index in [1.165, 1.54) is 0 Å². The van der Waals surface area contributed by atoms with Crippen molar-refractivity contribution in [3.05, 3.63) is 65.7 Å². The fourth-order valence-corrected chi connectivity index (χ4v) is 2.28. The summed E-state index contributed by atoms with van der Waals surface area (Å²) in [6.07, 6.45) is 0. The van der Waals surface area contributed by atoms with Crippen LogP contribution in [-0.4, -0.2) is 11.1 Å². The minimum atomic E-state index is -0.982. The number of aryl methyl sites for hydroxylation is 1. The van der Waals surface area contributed by atoms with Crippen LogP contribution in [0.2, 0.25) is 0 Å². The van der Waals surface area contributed by atoms with E-state index in [9.17, 15) is 9.90 Å². The van der Waals surface area contributed by atoms with Crippen LogP contribution in [0.25, 0.3) is 22.3 Å². The van der Waals surface area contributed by atoms with Crippen LogP contribution in [0.4, 0.5) is 0 Å². The van der Waals surface area contributed by atoms with Gasteiger partial charge in [-0.3, -0.25) is 0 Å². The molecule has 1 aromatic heterocycles. The molecule has 0 saturated heterocycles. The first-order valence-corrected chi connectivity index (χ1v) is 6.32. The maximum atomic E-state index is 11.3. The molecule has 0 aliphatic heterocycles. The summed E-state index contributed by atoms with van der Waals surface area (Å²) < 4.78 is 5.84. The van der Waals surface area contributed by atoms with E-state index in [0.29, 0.717) is 11.3 Å². The topological polar surface area (TPSA) is 48.6 Å². The Balaban J connectivity index is 2.33. The lowest BCUT2D eigenvalue weighted by molar-refractivity contribution is 0.0698. The molecule has 0 bridgehead atoms. The lowest BCUT2D eigenvalue weighted by Crippen LogP contribution is -1.98. The molecule has 98 valence electrons. The van der Waals surface area contributed by atoms with Crippen molar-refractivity contribution in [1.29, 1.82) is 0 Å². The zero-order valence-corrected chi connectivity index (χ0v) is 11.0. The number of carbonyl (C=O) groups is 1. The fourth-order valence-electron chi connectivity index (χ4n) is 2.28. The molecule has 0 saturated carbocycles. The third-order valence-electron chi connectivity index (χ3n) is 3.29. The van der Waals surface area contributed by atoms with E-state index in [2.05, 4.69) is 0 Å². The second kappa shape index (κ2) is 4.78. The number of carboxylic acid groups (broad SMARTS) is 1. The fraction of sp³-hybridized carbons (Fsp3) is 0.0588. The Kier molecular flexibility index (Phi) is 2.95. The minimum Gasteiger partial charge on any atom is -0.477 e. The van der Waals surface area contributed by atoms with Crippen molar-refractivity contribution in [1.82, 2.24) is 0 Å². The van der Waals surface area contributed by atoms with Crippen molar-refractivity contribution in [3.8, 4) is 11.3 Å². The van der Waals surface area contributed by atoms with E-state index in [1.54, 1.807) is 12.1 Å². The molecule has 0 unspecified atom stereocenters. The first-order chi connectivity index (χ1) is 9.66. The van der Waals surface area contributed by atoms with Crippen molar-refractivity contribution in [2.45, 2.75) is 6.92 Å². The van der Waals surface area contributed by atoms with E-state index in [1.807, 2.05) is 49.4 Å². The maximum absolute atomic E-state index is 11.3. The molecule has 3 nitrogen and oxygen atoms in total. The van der Waals surface area contributed by atoms with Crippen LogP contribution in [0.1, 0.15) is 15.9 Å². The summed E-state index contributed by atoms with van der Waals surface area (Å²) in [6, 6.07) is 16.7. The van der Waals surface area contributed by atoms with Gasteiger partial charge in [-0.1, -0.05) is 24.3 Å². The second-order valence-corrected chi connectivity index (χ2v) is 4.65. The van der Waals surface area contributed by atoms with Crippen LogP contribution in [0, 0.1) is 6.92 Å². The summed E-state index contributed by atoms with van der Waals surface area (Å²) >= 11 is 0. The number of rotatable bonds is 2. The Labute approximate surface area is 116 Å². The Morgan fingerprint density at radius 1 is 1.05 bits per heavy atom. The van der Waals surface area contributed by atoms with Crippen LogP contribution < -0.4 is 0 Å². The zero-order valence-electron chi connectivity index (χ0n) is 11.0. The van der Waals surface area contributed by atoms with Crippen LogP contribution in [0.15, 0.2) is 59.0 Å². The van der Waals surface area contributed by atoms with Crippen LogP contribution >= 0.6 is 0 Å². The molecular formula is C17H13O3+. The zero-order chi connectivity index (χ0) is 14.1. The second-order valence-electron chi connectivity index (χ2n) is 4.65. The quantitative estimate of drug-likeness (QED) is 0.699. The van der Waals surface area contributed by atoms with Gasteiger partial charge in [-0.25, -0.2) is 9.21 Å². The summed E-state index contributed by atoms with van der Waals surface area (Å²) in [7, 11) is 0. The van der Waals surface area contributed by atoms with E-state index >= 15 is 0 Å². The summed E-state index contributed by atoms with van der Waals surface area (Å²) in [4.78, 5) is 11.3. The molecule has 3 heteroatoms. The van der Waals surface area contributed by atoms with Gasteiger partial charge >= 0.3 is 17.3 Å². The van der Waals surface area contributed by atoms with Gasteiger partial charge in [-0.05, 0) is 36.8 Å². The Morgan fingerprint density at radius 2 is 1.80 bits per heavy atom. The number of hydrogen-bond donors (Lipinski definition) is 1. The molecule has 3 aromatic rings.